The number of benzene rings is 1. The molecule has 1 atom stereocenters. The molecule has 1 N–H and O–H groups in total. The molecule has 1 amide bonds. The Bertz CT molecular complexity index is 729. The third-order valence-electron chi connectivity index (χ3n) is 4.29. The van der Waals surface area contributed by atoms with Gasteiger partial charge in [-0.25, -0.2) is 0 Å². The summed E-state index contributed by atoms with van der Waals surface area (Å²) in [5.41, 5.74) is -1.04. The summed E-state index contributed by atoms with van der Waals surface area (Å²) in [6.45, 7) is 3.01. The van der Waals surface area contributed by atoms with Crippen molar-refractivity contribution in [2.45, 2.75) is 24.9 Å². The van der Waals surface area contributed by atoms with E-state index in [1.807, 2.05) is 43.4 Å². The second-order valence-electron chi connectivity index (χ2n) is 6.72. The average Bonchev–Trinajstić information content (AvgIpc) is 3.08. The van der Waals surface area contributed by atoms with Gasteiger partial charge in [-0.15, -0.1) is 11.3 Å². The van der Waals surface area contributed by atoms with Crippen LogP contribution in [0.5, 0.6) is 0 Å². The number of nitrogens with zero attached hydrogens (tertiary/aromatic N) is 1. The molecule has 142 valence electrons. The normalized spacial score (nSPS) is 14.3. The zero-order chi connectivity index (χ0) is 19.4. The highest BCUT2D eigenvalue weighted by Gasteiger charge is 2.36. The maximum absolute atomic E-state index is 13.1. The summed E-state index contributed by atoms with van der Waals surface area (Å²) in [7, 11) is 3.81. The number of halogens is 3. The number of alkyl halides is 3. The molecule has 0 fully saturated rings. The number of likely N-dealkylation sites (N-methyl/N-ethyl adjacent to an activating group) is 1. The fourth-order valence-corrected chi connectivity index (χ4v) is 3.68. The van der Waals surface area contributed by atoms with Gasteiger partial charge in [0.15, 0.2) is 0 Å². The molecule has 0 aliphatic rings. The van der Waals surface area contributed by atoms with Crippen molar-refractivity contribution < 1.29 is 18.0 Å². The summed E-state index contributed by atoms with van der Waals surface area (Å²) < 4.78 is 39.4. The van der Waals surface area contributed by atoms with E-state index in [1.54, 1.807) is 6.07 Å². The van der Waals surface area contributed by atoms with Crippen molar-refractivity contribution in [2.75, 3.05) is 27.2 Å². The summed E-state index contributed by atoms with van der Waals surface area (Å²) in [6, 6.07) is 8.95. The first-order chi connectivity index (χ1) is 12.1. The molecule has 1 heterocycles. The van der Waals surface area contributed by atoms with Crippen molar-refractivity contribution in [2.24, 2.45) is 0 Å². The number of carbonyl (C=O) groups excluding carboxylic acids is 1. The van der Waals surface area contributed by atoms with Crippen LogP contribution in [0.25, 0.3) is 0 Å². The topological polar surface area (TPSA) is 32.3 Å². The minimum absolute atomic E-state index is 0.0856. The fourth-order valence-electron chi connectivity index (χ4n) is 2.77. The molecular formula is C19H23F3N2OS. The monoisotopic (exact) mass is 384 g/mol. The Kier molecular flexibility index (Phi) is 6.47. The number of nitrogens with one attached hydrogen (secondary N) is 1. The van der Waals surface area contributed by atoms with Crippen molar-refractivity contribution in [3.05, 3.63) is 57.8 Å². The molecule has 0 aliphatic heterocycles. The highest BCUT2D eigenvalue weighted by Crippen LogP contribution is 2.40. The van der Waals surface area contributed by atoms with Crippen LogP contribution in [0, 0.1) is 0 Å². The second kappa shape index (κ2) is 8.22. The SMILES string of the molecule is CN(C)CCNC(=O)C[C@@](C)(c1cccc(C(F)(F)F)c1)c1cccs1. The minimum atomic E-state index is -4.42. The van der Waals surface area contributed by atoms with E-state index in [0.29, 0.717) is 18.7 Å². The number of amides is 1. The van der Waals surface area contributed by atoms with Crippen molar-refractivity contribution in [1.82, 2.24) is 10.2 Å². The standard InChI is InChI=1S/C19H23F3N2OS/c1-18(16-8-5-11-26-16,13-17(25)23-9-10-24(2)3)14-6-4-7-15(12-14)19(20,21)22/h4-8,11-12H,9-10,13H2,1-3H3,(H,23,25)/t18-/m0/s1. The van der Waals surface area contributed by atoms with E-state index >= 15 is 0 Å². The third-order valence-corrected chi connectivity index (χ3v) is 5.42. The van der Waals surface area contributed by atoms with E-state index in [1.165, 1.54) is 17.4 Å². The Labute approximate surface area is 155 Å². The smallest absolute Gasteiger partial charge is 0.355 e. The molecule has 0 unspecified atom stereocenters. The lowest BCUT2D eigenvalue weighted by Gasteiger charge is -2.29. The average molecular weight is 384 g/mol. The zero-order valence-corrected chi connectivity index (χ0v) is 15.9. The van der Waals surface area contributed by atoms with Crippen molar-refractivity contribution in [3.8, 4) is 0 Å². The number of rotatable bonds is 7. The maximum Gasteiger partial charge on any atom is 0.416 e. The predicted molar refractivity (Wildman–Crippen MR) is 98.4 cm³/mol. The lowest BCUT2D eigenvalue weighted by molar-refractivity contribution is -0.137. The first-order valence-electron chi connectivity index (χ1n) is 8.26. The molecule has 0 saturated carbocycles. The summed E-state index contributed by atoms with van der Waals surface area (Å²) in [5, 5.41) is 4.71. The maximum atomic E-state index is 13.1. The Balaban J connectivity index is 2.31. The van der Waals surface area contributed by atoms with Crippen LogP contribution in [0.4, 0.5) is 13.2 Å². The summed E-state index contributed by atoms with van der Waals surface area (Å²) in [5.74, 6) is -0.180. The van der Waals surface area contributed by atoms with E-state index in [0.717, 1.165) is 17.0 Å². The Morgan fingerprint density at radius 2 is 1.85 bits per heavy atom. The Hall–Kier alpha value is -1.86. The lowest BCUT2D eigenvalue weighted by atomic mass is 9.77. The number of hydrogen-bond donors (Lipinski definition) is 1. The van der Waals surface area contributed by atoms with Gasteiger partial charge in [-0.2, -0.15) is 13.2 Å². The van der Waals surface area contributed by atoms with Crippen molar-refractivity contribution >= 4 is 17.2 Å². The van der Waals surface area contributed by atoms with E-state index in [2.05, 4.69) is 5.32 Å². The van der Waals surface area contributed by atoms with E-state index < -0.39 is 17.2 Å². The van der Waals surface area contributed by atoms with Gasteiger partial charge >= 0.3 is 6.18 Å². The van der Waals surface area contributed by atoms with E-state index in [4.69, 9.17) is 0 Å². The lowest BCUT2D eigenvalue weighted by Crippen LogP contribution is -2.36. The molecule has 0 radical (unpaired) electrons. The van der Waals surface area contributed by atoms with Crippen LogP contribution in [0.3, 0.4) is 0 Å². The molecule has 3 nitrogen and oxygen atoms in total. The third kappa shape index (κ3) is 5.08. The summed E-state index contributed by atoms with van der Waals surface area (Å²) >= 11 is 1.44. The van der Waals surface area contributed by atoms with Crippen molar-refractivity contribution in [3.63, 3.8) is 0 Å². The van der Waals surface area contributed by atoms with Gasteiger partial charge in [0.1, 0.15) is 0 Å². The van der Waals surface area contributed by atoms with Gasteiger partial charge in [0.2, 0.25) is 5.91 Å². The van der Waals surface area contributed by atoms with Crippen molar-refractivity contribution in [1.29, 1.82) is 0 Å². The molecule has 7 heteroatoms. The number of thiophene rings is 1. The van der Waals surface area contributed by atoms with Crippen LogP contribution in [0.1, 0.15) is 29.3 Å². The molecule has 0 saturated heterocycles. The fraction of sp³-hybridized carbons (Fsp3) is 0.421. The van der Waals surface area contributed by atoms with Gasteiger partial charge in [0.25, 0.3) is 0 Å². The van der Waals surface area contributed by atoms with E-state index in [9.17, 15) is 18.0 Å². The van der Waals surface area contributed by atoms with Gasteiger partial charge in [-0.3, -0.25) is 4.79 Å². The van der Waals surface area contributed by atoms with Crippen LogP contribution >= 0.6 is 11.3 Å². The first kappa shape index (κ1) is 20.5. The van der Waals surface area contributed by atoms with Gasteiger partial charge in [-0.05, 0) is 37.2 Å². The van der Waals surface area contributed by atoms with E-state index in [-0.39, 0.29) is 12.3 Å². The first-order valence-corrected chi connectivity index (χ1v) is 9.14. The Morgan fingerprint density at radius 3 is 2.42 bits per heavy atom. The van der Waals surface area contributed by atoms with Crippen LogP contribution in [-0.4, -0.2) is 38.0 Å². The predicted octanol–water partition coefficient (Wildman–Crippen LogP) is 4.14. The molecule has 0 bridgehead atoms. The number of carbonyl (C=O) groups is 1. The van der Waals surface area contributed by atoms with Crippen LogP contribution in [0.2, 0.25) is 0 Å². The number of hydrogen-bond acceptors (Lipinski definition) is 3. The second-order valence-corrected chi connectivity index (χ2v) is 7.67. The van der Waals surface area contributed by atoms with Crippen LogP contribution < -0.4 is 5.32 Å². The molecule has 1 aromatic heterocycles. The zero-order valence-electron chi connectivity index (χ0n) is 15.1. The van der Waals surface area contributed by atoms with Gasteiger partial charge < -0.3 is 10.2 Å². The summed E-state index contributed by atoms with van der Waals surface area (Å²) in [4.78, 5) is 15.3. The molecule has 2 rings (SSSR count). The van der Waals surface area contributed by atoms with Gasteiger partial charge in [0.05, 0.1) is 5.56 Å². The molecule has 0 spiro atoms. The molecule has 1 aromatic carbocycles. The molecule has 2 aromatic rings. The Morgan fingerprint density at radius 1 is 1.15 bits per heavy atom. The molecular weight excluding hydrogens is 361 g/mol. The largest absolute Gasteiger partial charge is 0.416 e. The summed E-state index contributed by atoms with van der Waals surface area (Å²) in [6.07, 6.45) is -4.33. The highest BCUT2D eigenvalue weighted by molar-refractivity contribution is 7.10. The minimum Gasteiger partial charge on any atom is -0.355 e. The van der Waals surface area contributed by atoms with Crippen LogP contribution in [0.15, 0.2) is 41.8 Å². The highest BCUT2D eigenvalue weighted by atomic mass is 32.1. The molecule has 0 aliphatic carbocycles. The quantitative estimate of drug-likeness (QED) is 0.778. The van der Waals surface area contributed by atoms with Gasteiger partial charge in [0, 0.05) is 29.8 Å². The van der Waals surface area contributed by atoms with Crippen LogP contribution in [-0.2, 0) is 16.4 Å². The van der Waals surface area contributed by atoms with Gasteiger partial charge in [-0.1, -0.05) is 31.2 Å². The molecule has 26 heavy (non-hydrogen) atoms.